The van der Waals surface area contributed by atoms with Crippen molar-refractivity contribution in [2.75, 3.05) is 13.1 Å². The lowest BCUT2D eigenvalue weighted by molar-refractivity contribution is 0.0690. The lowest BCUT2D eigenvalue weighted by atomic mass is 10.0. The molecule has 1 aliphatic heterocycles. The van der Waals surface area contributed by atoms with Crippen LogP contribution in [0.3, 0.4) is 0 Å². The van der Waals surface area contributed by atoms with Crippen molar-refractivity contribution >= 4 is 27.5 Å². The van der Waals surface area contributed by atoms with E-state index in [1.807, 2.05) is 13.0 Å². The van der Waals surface area contributed by atoms with Gasteiger partial charge in [0.2, 0.25) is 0 Å². The van der Waals surface area contributed by atoms with Gasteiger partial charge in [-0.15, -0.1) is 11.3 Å². The van der Waals surface area contributed by atoms with Gasteiger partial charge < -0.3 is 9.88 Å². The standard InChI is InChI=1S/C22H26N4O3S/c1-5-16-14(4)30-20-18(16)22(29)26(11-23-20)15-6-8-25(9-7-15)21(28)17-12(2)10-13(3)24-19(17)27/h10-11,15H,5-9H2,1-4H3,(H,24,27). The number of fused-ring (bicyclic) bond motifs is 1. The number of hydrogen-bond acceptors (Lipinski definition) is 5. The number of piperidine rings is 1. The number of carbonyl (C=O) groups is 1. The highest BCUT2D eigenvalue weighted by molar-refractivity contribution is 7.18. The van der Waals surface area contributed by atoms with Gasteiger partial charge in [-0.25, -0.2) is 4.98 Å². The average molecular weight is 427 g/mol. The van der Waals surface area contributed by atoms with Crippen LogP contribution in [0.1, 0.15) is 57.9 Å². The maximum atomic E-state index is 13.2. The number of aryl methyl sites for hydroxylation is 4. The van der Waals surface area contributed by atoms with Crippen LogP contribution < -0.4 is 11.1 Å². The van der Waals surface area contributed by atoms with Crippen LogP contribution in [0.25, 0.3) is 10.2 Å². The Morgan fingerprint density at radius 3 is 2.57 bits per heavy atom. The van der Waals surface area contributed by atoms with Crippen molar-refractivity contribution in [3.63, 3.8) is 0 Å². The average Bonchev–Trinajstić information content (AvgIpc) is 3.03. The molecule has 0 radical (unpaired) electrons. The van der Waals surface area contributed by atoms with Crippen LogP contribution >= 0.6 is 11.3 Å². The van der Waals surface area contributed by atoms with Gasteiger partial charge in [0.1, 0.15) is 10.4 Å². The molecule has 0 bridgehead atoms. The molecule has 1 aliphatic rings. The minimum atomic E-state index is -0.342. The Labute approximate surface area is 178 Å². The maximum absolute atomic E-state index is 13.2. The van der Waals surface area contributed by atoms with Crippen LogP contribution in [0.15, 0.2) is 22.0 Å². The number of aromatic nitrogens is 3. The van der Waals surface area contributed by atoms with Gasteiger partial charge in [-0.2, -0.15) is 0 Å². The summed E-state index contributed by atoms with van der Waals surface area (Å²) in [6, 6.07) is 1.82. The zero-order chi connectivity index (χ0) is 21.6. The molecule has 0 aliphatic carbocycles. The Kier molecular flexibility index (Phi) is 5.36. The van der Waals surface area contributed by atoms with Crippen LogP contribution in [0, 0.1) is 20.8 Å². The first kappa shape index (κ1) is 20.5. The molecule has 3 aromatic heterocycles. The van der Waals surface area contributed by atoms with Gasteiger partial charge in [0.25, 0.3) is 17.0 Å². The smallest absolute Gasteiger partial charge is 0.262 e. The Balaban J connectivity index is 1.57. The molecule has 3 aromatic rings. The number of pyridine rings is 1. The van der Waals surface area contributed by atoms with E-state index in [0.717, 1.165) is 32.8 Å². The highest BCUT2D eigenvalue weighted by Gasteiger charge is 2.28. The summed E-state index contributed by atoms with van der Waals surface area (Å²) in [4.78, 5) is 49.4. The Bertz CT molecular complexity index is 1250. The fraction of sp³-hybridized carbons (Fsp3) is 0.455. The highest BCUT2D eigenvalue weighted by atomic mass is 32.1. The minimum Gasteiger partial charge on any atom is -0.338 e. The second-order valence-corrected chi connectivity index (χ2v) is 9.19. The van der Waals surface area contributed by atoms with Crippen LogP contribution in [0.2, 0.25) is 0 Å². The summed E-state index contributed by atoms with van der Waals surface area (Å²) in [5, 5.41) is 0.739. The van der Waals surface area contributed by atoms with Gasteiger partial charge >= 0.3 is 0 Å². The molecule has 0 saturated carbocycles. The van der Waals surface area contributed by atoms with Crippen molar-refractivity contribution in [1.29, 1.82) is 0 Å². The second-order valence-electron chi connectivity index (χ2n) is 7.99. The maximum Gasteiger partial charge on any atom is 0.262 e. The van der Waals surface area contributed by atoms with Crippen molar-refractivity contribution in [2.24, 2.45) is 0 Å². The van der Waals surface area contributed by atoms with E-state index >= 15 is 0 Å². The van der Waals surface area contributed by atoms with Crippen molar-refractivity contribution < 1.29 is 4.79 Å². The first-order chi connectivity index (χ1) is 14.3. The van der Waals surface area contributed by atoms with Crippen LogP contribution in [-0.2, 0) is 6.42 Å². The summed E-state index contributed by atoms with van der Waals surface area (Å²) in [6.07, 6.45) is 3.78. The molecule has 0 spiro atoms. The molecule has 4 rings (SSSR count). The summed E-state index contributed by atoms with van der Waals surface area (Å²) in [7, 11) is 0. The number of aromatic amines is 1. The fourth-order valence-electron chi connectivity index (χ4n) is 4.48. The van der Waals surface area contributed by atoms with Crippen molar-refractivity contribution in [3.8, 4) is 0 Å². The van der Waals surface area contributed by atoms with Crippen LogP contribution in [0.4, 0.5) is 0 Å². The molecule has 1 saturated heterocycles. The molecule has 7 nitrogen and oxygen atoms in total. The van der Waals surface area contributed by atoms with E-state index in [0.29, 0.717) is 31.5 Å². The van der Waals surface area contributed by atoms with E-state index in [1.165, 1.54) is 0 Å². The molecule has 158 valence electrons. The summed E-state index contributed by atoms with van der Waals surface area (Å²) in [5.74, 6) is -0.241. The number of nitrogens with zero attached hydrogens (tertiary/aromatic N) is 3. The molecular weight excluding hydrogens is 400 g/mol. The topological polar surface area (TPSA) is 88.1 Å². The molecule has 8 heteroatoms. The first-order valence-corrected chi connectivity index (χ1v) is 11.1. The fourth-order valence-corrected chi connectivity index (χ4v) is 5.55. The third-order valence-electron chi connectivity index (χ3n) is 6.02. The summed E-state index contributed by atoms with van der Waals surface area (Å²) in [6.45, 7) is 8.69. The molecule has 1 fully saturated rings. The number of amides is 1. The summed E-state index contributed by atoms with van der Waals surface area (Å²) in [5.41, 5.74) is 2.39. The molecule has 0 unspecified atom stereocenters. The SMILES string of the molecule is CCc1c(C)sc2ncn(C3CCN(C(=O)c4c(C)cc(C)[nH]c4=O)CC3)c(=O)c12. The van der Waals surface area contributed by atoms with Gasteiger partial charge in [-0.3, -0.25) is 19.0 Å². The number of hydrogen-bond donors (Lipinski definition) is 1. The van der Waals surface area contributed by atoms with E-state index in [4.69, 9.17) is 0 Å². The van der Waals surface area contributed by atoms with E-state index in [9.17, 15) is 14.4 Å². The quantitative estimate of drug-likeness (QED) is 0.697. The summed E-state index contributed by atoms with van der Waals surface area (Å²) < 4.78 is 1.74. The van der Waals surface area contributed by atoms with Gasteiger partial charge in [0, 0.05) is 29.7 Å². The largest absolute Gasteiger partial charge is 0.338 e. The Morgan fingerprint density at radius 1 is 1.23 bits per heavy atom. The van der Waals surface area contributed by atoms with Gasteiger partial charge in [-0.05, 0) is 57.2 Å². The summed E-state index contributed by atoms with van der Waals surface area (Å²) >= 11 is 1.57. The van der Waals surface area contributed by atoms with Crippen LogP contribution in [-0.4, -0.2) is 38.4 Å². The zero-order valence-corrected chi connectivity index (χ0v) is 18.6. The Morgan fingerprint density at radius 2 is 1.93 bits per heavy atom. The number of likely N-dealkylation sites (tertiary alicyclic amines) is 1. The lowest BCUT2D eigenvalue weighted by Crippen LogP contribution is -2.42. The third-order valence-corrected chi connectivity index (χ3v) is 7.07. The highest BCUT2D eigenvalue weighted by Crippen LogP contribution is 2.29. The van der Waals surface area contributed by atoms with Crippen molar-refractivity contribution in [2.45, 2.75) is 53.0 Å². The third kappa shape index (κ3) is 3.39. The molecule has 1 N–H and O–H groups in total. The molecule has 30 heavy (non-hydrogen) atoms. The zero-order valence-electron chi connectivity index (χ0n) is 17.7. The number of thiophene rings is 1. The van der Waals surface area contributed by atoms with Crippen molar-refractivity contribution in [3.05, 3.63) is 60.4 Å². The normalized spacial score (nSPS) is 15.1. The van der Waals surface area contributed by atoms with E-state index in [-0.39, 0.29) is 28.6 Å². The minimum absolute atomic E-state index is 0.000705. The second kappa shape index (κ2) is 7.83. The molecule has 0 atom stereocenters. The Hall–Kier alpha value is -2.74. The van der Waals surface area contributed by atoms with E-state index in [2.05, 4.69) is 16.9 Å². The first-order valence-electron chi connectivity index (χ1n) is 10.3. The number of H-pyrrole nitrogens is 1. The van der Waals surface area contributed by atoms with Gasteiger partial charge in [0.05, 0.1) is 11.7 Å². The van der Waals surface area contributed by atoms with Crippen LogP contribution in [0.5, 0.6) is 0 Å². The molecule has 4 heterocycles. The number of carbonyl (C=O) groups excluding carboxylic acids is 1. The number of rotatable bonds is 3. The van der Waals surface area contributed by atoms with E-state index in [1.54, 1.807) is 41.0 Å². The molecule has 0 aromatic carbocycles. The van der Waals surface area contributed by atoms with Gasteiger partial charge in [-0.1, -0.05) is 6.92 Å². The predicted octanol–water partition coefficient (Wildman–Crippen LogP) is 3.11. The molecular formula is C22H26N4O3S. The monoisotopic (exact) mass is 426 g/mol. The predicted molar refractivity (Wildman–Crippen MR) is 119 cm³/mol. The number of nitrogens with one attached hydrogen (secondary N) is 1. The van der Waals surface area contributed by atoms with E-state index < -0.39 is 0 Å². The molecule has 1 amide bonds. The van der Waals surface area contributed by atoms with Crippen molar-refractivity contribution in [1.82, 2.24) is 19.4 Å². The van der Waals surface area contributed by atoms with Gasteiger partial charge in [0.15, 0.2) is 0 Å². The lowest BCUT2D eigenvalue weighted by Gasteiger charge is -2.33.